The van der Waals surface area contributed by atoms with E-state index in [0.717, 1.165) is 27.1 Å². The highest BCUT2D eigenvalue weighted by Crippen LogP contribution is 2.53. The zero-order valence-corrected chi connectivity index (χ0v) is 23.0. The number of hydrogen-bond acceptors (Lipinski definition) is 4. The van der Waals surface area contributed by atoms with Crippen LogP contribution >= 0.6 is 23.4 Å². The van der Waals surface area contributed by atoms with Gasteiger partial charge in [0.2, 0.25) is 11.8 Å². The summed E-state index contributed by atoms with van der Waals surface area (Å²) in [5.41, 5.74) is 3.57. The van der Waals surface area contributed by atoms with E-state index in [1.54, 1.807) is 4.90 Å². The van der Waals surface area contributed by atoms with Crippen molar-refractivity contribution in [1.29, 1.82) is 0 Å². The number of hydrogen-bond donors (Lipinski definition) is 2. The monoisotopic (exact) mass is 536 g/mol. The summed E-state index contributed by atoms with van der Waals surface area (Å²) in [7, 11) is 0. The molecule has 194 valence electrons. The van der Waals surface area contributed by atoms with E-state index in [1.165, 1.54) is 11.8 Å². The Morgan fingerprint density at radius 1 is 1.11 bits per heavy atom. The molecule has 0 spiro atoms. The number of carbonyl (C=O) groups is 2. The number of nitrogens with one attached hydrogen (secondary N) is 1. The second-order valence-electron chi connectivity index (χ2n) is 10.0. The van der Waals surface area contributed by atoms with Gasteiger partial charge in [-0.1, -0.05) is 85.6 Å². The maximum absolute atomic E-state index is 14.1. The number of thioether (sulfide) groups is 1. The number of aliphatic hydroxyl groups is 1. The molecule has 37 heavy (non-hydrogen) atoms. The highest BCUT2D eigenvalue weighted by atomic mass is 35.5. The second kappa shape index (κ2) is 11.7. The van der Waals surface area contributed by atoms with Crippen molar-refractivity contribution in [1.82, 2.24) is 10.2 Å². The van der Waals surface area contributed by atoms with Gasteiger partial charge in [0.15, 0.2) is 0 Å². The predicted molar refractivity (Wildman–Crippen MR) is 149 cm³/mol. The molecule has 7 heteroatoms. The first kappa shape index (κ1) is 27.2. The minimum atomic E-state index is -1.09. The molecule has 1 heterocycles. The number of likely N-dealkylation sites (tertiary alicyclic amines) is 1. The molecule has 1 saturated heterocycles. The first-order chi connectivity index (χ1) is 17.7. The van der Waals surface area contributed by atoms with Gasteiger partial charge in [-0.2, -0.15) is 0 Å². The fraction of sp³-hybridized carbons (Fsp3) is 0.333. The topological polar surface area (TPSA) is 69.6 Å². The summed E-state index contributed by atoms with van der Waals surface area (Å²) >= 11 is 7.94. The van der Waals surface area contributed by atoms with E-state index in [9.17, 15) is 14.7 Å². The molecule has 5 nitrogen and oxygen atoms in total. The van der Waals surface area contributed by atoms with Gasteiger partial charge in [-0.15, -0.1) is 11.8 Å². The number of aliphatic hydroxyl groups excluding tert-OH is 1. The summed E-state index contributed by atoms with van der Waals surface area (Å²) < 4.78 is -1.09. The van der Waals surface area contributed by atoms with Crippen LogP contribution in [0.5, 0.6) is 0 Å². The summed E-state index contributed by atoms with van der Waals surface area (Å²) in [4.78, 5) is 30.5. The number of aryl methyl sites for hydroxylation is 1. The van der Waals surface area contributed by atoms with Crippen LogP contribution in [0.4, 0.5) is 0 Å². The van der Waals surface area contributed by atoms with Crippen LogP contribution in [-0.4, -0.2) is 33.1 Å². The molecule has 0 aromatic heterocycles. The van der Waals surface area contributed by atoms with E-state index in [1.807, 2.05) is 79.7 Å². The first-order valence-corrected chi connectivity index (χ1v) is 13.7. The lowest BCUT2D eigenvalue weighted by molar-refractivity contribution is -0.129. The Morgan fingerprint density at radius 3 is 2.41 bits per heavy atom. The summed E-state index contributed by atoms with van der Waals surface area (Å²) in [6.45, 7) is 6.85. The van der Waals surface area contributed by atoms with Crippen LogP contribution in [0, 0.1) is 12.8 Å². The Kier molecular flexibility index (Phi) is 8.63. The molecule has 0 aliphatic carbocycles. The van der Waals surface area contributed by atoms with Crippen LogP contribution in [0.15, 0.2) is 77.7 Å². The molecule has 0 saturated carbocycles. The third-order valence-electron chi connectivity index (χ3n) is 6.64. The predicted octanol–water partition coefficient (Wildman–Crippen LogP) is 5.92. The molecule has 3 aromatic rings. The van der Waals surface area contributed by atoms with Crippen molar-refractivity contribution in [3.05, 3.63) is 100 Å². The van der Waals surface area contributed by atoms with Crippen LogP contribution in [0.1, 0.15) is 48.6 Å². The molecular formula is C30H33ClN2O3S. The molecule has 2 amide bonds. The maximum atomic E-state index is 14.1. The molecule has 0 radical (unpaired) electrons. The molecule has 2 N–H and O–H groups in total. The van der Waals surface area contributed by atoms with Gasteiger partial charge in [0, 0.05) is 23.0 Å². The Labute approximate surface area is 228 Å². The Morgan fingerprint density at radius 2 is 1.78 bits per heavy atom. The number of nitrogens with zero attached hydrogens (tertiary/aromatic N) is 1. The Balaban J connectivity index is 1.84. The van der Waals surface area contributed by atoms with Crippen molar-refractivity contribution in [3.63, 3.8) is 0 Å². The van der Waals surface area contributed by atoms with Crippen LogP contribution in [0.2, 0.25) is 5.02 Å². The fourth-order valence-electron chi connectivity index (χ4n) is 4.67. The molecule has 1 aliphatic rings. The third kappa shape index (κ3) is 6.03. The van der Waals surface area contributed by atoms with Crippen LogP contribution in [0.3, 0.4) is 0 Å². The standard InChI is InChI=1S/C30H33ClN2O3S/c1-20(2)17-32-29(36)30(37-25-14-8-21(3)9-15-25)16-27(35)33(18-24-6-4-5-7-26(24)31)28(30)23-12-10-22(19-34)11-13-23/h4-15,20,28,34H,16-19H2,1-3H3,(H,32,36)/t28-,30-/m1/s1. The quantitative estimate of drug-likeness (QED) is 0.356. The first-order valence-electron chi connectivity index (χ1n) is 12.5. The smallest absolute Gasteiger partial charge is 0.239 e. The van der Waals surface area contributed by atoms with Crippen LogP contribution < -0.4 is 5.32 Å². The van der Waals surface area contributed by atoms with Crippen molar-refractivity contribution in [2.45, 2.75) is 56.0 Å². The summed E-state index contributed by atoms with van der Waals surface area (Å²) in [6.07, 6.45) is 0.0618. The zero-order valence-electron chi connectivity index (χ0n) is 21.4. The van der Waals surface area contributed by atoms with Gasteiger partial charge in [-0.25, -0.2) is 0 Å². The largest absolute Gasteiger partial charge is 0.392 e. The molecule has 3 aromatic carbocycles. The highest BCUT2D eigenvalue weighted by molar-refractivity contribution is 8.01. The minimum absolute atomic E-state index is 0.0618. The lowest BCUT2D eigenvalue weighted by atomic mass is 9.90. The van der Waals surface area contributed by atoms with E-state index in [4.69, 9.17) is 11.6 Å². The summed E-state index contributed by atoms with van der Waals surface area (Å²) in [5, 5.41) is 13.3. The van der Waals surface area contributed by atoms with Gasteiger partial charge >= 0.3 is 0 Å². The van der Waals surface area contributed by atoms with E-state index in [2.05, 4.69) is 19.2 Å². The Hall–Kier alpha value is -2.80. The Bertz CT molecular complexity index is 1250. The molecule has 0 bridgehead atoms. The van der Waals surface area contributed by atoms with Gasteiger partial charge in [0.1, 0.15) is 4.75 Å². The number of halogens is 1. The SMILES string of the molecule is Cc1ccc(S[C@]2(C(=O)NCC(C)C)CC(=O)N(Cc3ccccc3Cl)[C@@H]2c2ccc(CO)cc2)cc1. The van der Waals surface area contributed by atoms with Crippen molar-refractivity contribution in [2.75, 3.05) is 6.54 Å². The summed E-state index contributed by atoms with van der Waals surface area (Å²) in [6, 6.07) is 22.5. The van der Waals surface area contributed by atoms with E-state index in [-0.39, 0.29) is 30.8 Å². The lowest BCUT2D eigenvalue weighted by Crippen LogP contribution is -2.49. The minimum Gasteiger partial charge on any atom is -0.392 e. The van der Waals surface area contributed by atoms with Gasteiger partial charge in [-0.05, 0) is 47.7 Å². The van der Waals surface area contributed by atoms with Crippen molar-refractivity contribution >= 4 is 35.2 Å². The second-order valence-corrected chi connectivity index (χ2v) is 11.8. The number of rotatable bonds is 9. The molecule has 2 atom stereocenters. The van der Waals surface area contributed by atoms with E-state index < -0.39 is 10.8 Å². The third-order valence-corrected chi connectivity index (χ3v) is 8.43. The molecular weight excluding hydrogens is 504 g/mol. The highest BCUT2D eigenvalue weighted by Gasteiger charge is 2.58. The fourth-order valence-corrected chi connectivity index (χ4v) is 6.29. The number of benzene rings is 3. The van der Waals surface area contributed by atoms with Crippen LogP contribution in [0.25, 0.3) is 0 Å². The van der Waals surface area contributed by atoms with Gasteiger partial charge in [-0.3, -0.25) is 9.59 Å². The molecule has 1 aliphatic heterocycles. The zero-order chi connectivity index (χ0) is 26.6. The van der Waals surface area contributed by atoms with Gasteiger partial charge < -0.3 is 15.3 Å². The van der Waals surface area contributed by atoms with Crippen molar-refractivity contribution in [3.8, 4) is 0 Å². The van der Waals surface area contributed by atoms with Crippen molar-refractivity contribution < 1.29 is 14.7 Å². The van der Waals surface area contributed by atoms with Crippen LogP contribution in [-0.2, 0) is 22.7 Å². The molecule has 4 rings (SSSR count). The normalized spacial score (nSPS) is 19.5. The number of carbonyl (C=O) groups excluding carboxylic acids is 2. The molecule has 0 unspecified atom stereocenters. The maximum Gasteiger partial charge on any atom is 0.239 e. The van der Waals surface area contributed by atoms with Crippen molar-refractivity contribution in [2.24, 2.45) is 5.92 Å². The number of amides is 2. The average molecular weight is 537 g/mol. The van der Waals surface area contributed by atoms with Gasteiger partial charge in [0.05, 0.1) is 19.1 Å². The average Bonchev–Trinajstić information content (AvgIpc) is 3.16. The van der Waals surface area contributed by atoms with E-state index >= 15 is 0 Å². The lowest BCUT2D eigenvalue weighted by Gasteiger charge is -2.37. The summed E-state index contributed by atoms with van der Waals surface area (Å²) in [5.74, 6) is 0.0116. The van der Waals surface area contributed by atoms with Gasteiger partial charge in [0.25, 0.3) is 0 Å². The molecule has 1 fully saturated rings. The van der Waals surface area contributed by atoms with E-state index in [0.29, 0.717) is 18.1 Å².